The summed E-state index contributed by atoms with van der Waals surface area (Å²) in [6.07, 6.45) is 5.40. The lowest BCUT2D eigenvalue weighted by atomic mass is 10.1. The number of carbonyl (C=O) groups excluding carboxylic acids is 1. The van der Waals surface area contributed by atoms with Crippen molar-refractivity contribution in [2.75, 3.05) is 18.0 Å². The Balaban J connectivity index is 1.45. The van der Waals surface area contributed by atoms with E-state index in [1.165, 1.54) is 6.33 Å². The van der Waals surface area contributed by atoms with Crippen LogP contribution in [0.25, 0.3) is 5.78 Å². The SMILES string of the molecule is Cc1cc(N2Cc3ccnn3C[C@H](CNC(=O)C3CC3)C2)n2ncnc2n1. The zero-order valence-electron chi connectivity index (χ0n) is 15.2. The Labute approximate surface area is 156 Å². The van der Waals surface area contributed by atoms with Crippen molar-refractivity contribution in [2.45, 2.75) is 32.9 Å². The first kappa shape index (κ1) is 16.2. The van der Waals surface area contributed by atoms with Crippen molar-refractivity contribution in [1.82, 2.24) is 34.7 Å². The largest absolute Gasteiger partial charge is 0.355 e. The third-order valence-electron chi connectivity index (χ3n) is 5.27. The van der Waals surface area contributed by atoms with E-state index in [9.17, 15) is 4.79 Å². The molecule has 1 aliphatic carbocycles. The van der Waals surface area contributed by atoms with E-state index in [0.717, 1.165) is 49.7 Å². The van der Waals surface area contributed by atoms with E-state index in [0.29, 0.717) is 12.3 Å². The molecule has 1 saturated carbocycles. The maximum absolute atomic E-state index is 12.1. The van der Waals surface area contributed by atoms with Gasteiger partial charge in [-0.1, -0.05) is 0 Å². The third kappa shape index (κ3) is 3.13. The first-order valence-corrected chi connectivity index (χ1v) is 9.38. The van der Waals surface area contributed by atoms with Gasteiger partial charge in [0.05, 0.1) is 12.2 Å². The molecule has 2 aliphatic rings. The molecule has 0 bridgehead atoms. The fourth-order valence-corrected chi connectivity index (χ4v) is 3.71. The number of rotatable bonds is 4. The molecule has 3 aromatic heterocycles. The lowest BCUT2D eigenvalue weighted by Gasteiger charge is -2.26. The van der Waals surface area contributed by atoms with Crippen molar-refractivity contribution >= 4 is 17.5 Å². The summed E-state index contributed by atoms with van der Waals surface area (Å²) in [7, 11) is 0. The van der Waals surface area contributed by atoms with Gasteiger partial charge in [0, 0.05) is 49.4 Å². The highest BCUT2D eigenvalue weighted by molar-refractivity contribution is 5.80. The smallest absolute Gasteiger partial charge is 0.254 e. The Bertz CT molecular complexity index is 988. The van der Waals surface area contributed by atoms with Crippen molar-refractivity contribution < 1.29 is 4.79 Å². The fourth-order valence-electron chi connectivity index (χ4n) is 3.71. The maximum Gasteiger partial charge on any atom is 0.254 e. The average molecular weight is 366 g/mol. The van der Waals surface area contributed by atoms with Gasteiger partial charge in [0.1, 0.15) is 12.1 Å². The van der Waals surface area contributed by atoms with Gasteiger partial charge in [0.25, 0.3) is 5.78 Å². The molecular formula is C18H22N8O. The van der Waals surface area contributed by atoms with Crippen LogP contribution in [0.1, 0.15) is 24.2 Å². The van der Waals surface area contributed by atoms with Crippen LogP contribution < -0.4 is 10.2 Å². The summed E-state index contributed by atoms with van der Waals surface area (Å²) in [6, 6.07) is 4.08. The quantitative estimate of drug-likeness (QED) is 0.734. The minimum Gasteiger partial charge on any atom is -0.355 e. The zero-order valence-corrected chi connectivity index (χ0v) is 15.2. The van der Waals surface area contributed by atoms with Gasteiger partial charge in [0.2, 0.25) is 5.91 Å². The van der Waals surface area contributed by atoms with Crippen molar-refractivity contribution in [3.63, 3.8) is 0 Å². The van der Waals surface area contributed by atoms with Crippen LogP contribution in [0.5, 0.6) is 0 Å². The number of hydrogen-bond acceptors (Lipinski definition) is 6. The first-order chi connectivity index (χ1) is 13.2. The summed E-state index contributed by atoms with van der Waals surface area (Å²) < 4.78 is 3.82. The summed E-state index contributed by atoms with van der Waals surface area (Å²) in [5, 5.41) is 11.9. The molecule has 1 atom stereocenters. The second kappa shape index (κ2) is 6.33. The standard InChI is InChI=1S/C18H22N8O/c1-12-6-16(26-18(23-12)20-11-22-26)24-8-13(7-19-17(27)14-2-3-14)9-25-15(10-24)4-5-21-25/h4-6,11,13-14H,2-3,7-10H2,1H3,(H,19,27)/t13-/m1/s1. The number of amides is 1. The highest BCUT2D eigenvalue weighted by atomic mass is 16.2. The predicted octanol–water partition coefficient (Wildman–Crippen LogP) is 0.792. The highest BCUT2D eigenvalue weighted by Gasteiger charge is 2.31. The van der Waals surface area contributed by atoms with E-state index in [2.05, 4.69) is 30.4 Å². The lowest BCUT2D eigenvalue weighted by molar-refractivity contribution is -0.122. The number of anilines is 1. The Kier molecular flexibility index (Phi) is 3.80. The number of nitrogens with one attached hydrogen (secondary N) is 1. The Hall–Kier alpha value is -2.97. The van der Waals surface area contributed by atoms with Crippen LogP contribution in [0.3, 0.4) is 0 Å². The third-order valence-corrected chi connectivity index (χ3v) is 5.27. The number of aromatic nitrogens is 6. The second-order valence-electron chi connectivity index (χ2n) is 7.50. The summed E-state index contributed by atoms with van der Waals surface area (Å²) in [5.74, 6) is 2.22. The molecule has 3 aromatic rings. The van der Waals surface area contributed by atoms with Crippen molar-refractivity contribution in [2.24, 2.45) is 11.8 Å². The van der Waals surface area contributed by atoms with Crippen LogP contribution in [0.15, 0.2) is 24.7 Å². The summed E-state index contributed by atoms with van der Waals surface area (Å²) in [5.41, 5.74) is 2.05. The molecule has 0 saturated heterocycles. The van der Waals surface area contributed by atoms with Crippen LogP contribution in [0.4, 0.5) is 5.82 Å². The van der Waals surface area contributed by atoms with Crippen LogP contribution in [0, 0.1) is 18.8 Å². The molecule has 0 unspecified atom stereocenters. The molecule has 9 heteroatoms. The average Bonchev–Trinajstić information content (AvgIpc) is 3.31. The summed E-state index contributed by atoms with van der Waals surface area (Å²) >= 11 is 0. The van der Waals surface area contributed by atoms with E-state index >= 15 is 0 Å². The molecule has 1 amide bonds. The van der Waals surface area contributed by atoms with E-state index in [-0.39, 0.29) is 17.7 Å². The predicted molar refractivity (Wildman–Crippen MR) is 98.0 cm³/mol. The van der Waals surface area contributed by atoms with Gasteiger partial charge >= 0.3 is 0 Å². The van der Waals surface area contributed by atoms with Gasteiger partial charge in [0.15, 0.2) is 0 Å². The van der Waals surface area contributed by atoms with Gasteiger partial charge in [-0.3, -0.25) is 9.48 Å². The molecule has 1 fully saturated rings. The number of aryl methyl sites for hydroxylation is 1. The monoisotopic (exact) mass is 366 g/mol. The molecule has 140 valence electrons. The van der Waals surface area contributed by atoms with E-state index in [4.69, 9.17) is 0 Å². The van der Waals surface area contributed by atoms with E-state index in [1.54, 1.807) is 4.52 Å². The number of fused-ring (bicyclic) bond motifs is 2. The lowest BCUT2D eigenvalue weighted by Crippen LogP contribution is -2.37. The van der Waals surface area contributed by atoms with Crippen molar-refractivity contribution in [1.29, 1.82) is 0 Å². The Morgan fingerprint density at radius 1 is 1.30 bits per heavy atom. The molecular weight excluding hydrogens is 344 g/mol. The normalized spacial score (nSPS) is 19.7. The van der Waals surface area contributed by atoms with Crippen LogP contribution >= 0.6 is 0 Å². The fraction of sp³-hybridized carbons (Fsp3) is 0.500. The van der Waals surface area contributed by atoms with Gasteiger partial charge < -0.3 is 10.2 Å². The van der Waals surface area contributed by atoms with Gasteiger partial charge in [-0.15, -0.1) is 0 Å². The van der Waals surface area contributed by atoms with Gasteiger partial charge in [-0.25, -0.2) is 4.98 Å². The molecule has 4 heterocycles. The number of carbonyl (C=O) groups is 1. The second-order valence-corrected chi connectivity index (χ2v) is 7.50. The molecule has 1 aliphatic heterocycles. The number of nitrogens with zero attached hydrogens (tertiary/aromatic N) is 7. The first-order valence-electron chi connectivity index (χ1n) is 9.38. The van der Waals surface area contributed by atoms with Crippen LogP contribution in [-0.4, -0.2) is 48.4 Å². The maximum atomic E-state index is 12.1. The topological polar surface area (TPSA) is 93.2 Å². The molecule has 5 rings (SSSR count). The number of hydrogen-bond donors (Lipinski definition) is 1. The van der Waals surface area contributed by atoms with Crippen molar-refractivity contribution in [3.05, 3.63) is 36.0 Å². The molecule has 27 heavy (non-hydrogen) atoms. The minimum atomic E-state index is 0.185. The van der Waals surface area contributed by atoms with Crippen LogP contribution in [-0.2, 0) is 17.9 Å². The molecule has 1 N–H and O–H groups in total. The summed E-state index contributed by atoms with van der Waals surface area (Å²) in [6.45, 7) is 4.93. The Morgan fingerprint density at radius 2 is 2.19 bits per heavy atom. The van der Waals surface area contributed by atoms with Crippen LogP contribution in [0.2, 0.25) is 0 Å². The minimum absolute atomic E-state index is 0.185. The Morgan fingerprint density at radius 3 is 3.04 bits per heavy atom. The van der Waals surface area contributed by atoms with Gasteiger partial charge in [-0.2, -0.15) is 19.7 Å². The summed E-state index contributed by atoms with van der Waals surface area (Å²) in [4.78, 5) is 23.0. The molecule has 0 spiro atoms. The molecule has 9 nitrogen and oxygen atoms in total. The molecule has 0 radical (unpaired) electrons. The van der Waals surface area contributed by atoms with Gasteiger partial charge in [-0.05, 0) is 25.8 Å². The van der Waals surface area contributed by atoms with Crippen molar-refractivity contribution in [3.8, 4) is 0 Å². The highest BCUT2D eigenvalue weighted by Crippen LogP contribution is 2.29. The van der Waals surface area contributed by atoms with E-state index in [1.807, 2.05) is 29.9 Å². The van der Waals surface area contributed by atoms with E-state index < -0.39 is 0 Å². The zero-order chi connectivity index (χ0) is 18.4. The molecule has 0 aromatic carbocycles.